The molecule has 0 heterocycles. The first-order chi connectivity index (χ1) is 8.16. The minimum Gasteiger partial charge on any atom is -0.481 e. The monoisotopic (exact) mass is 242 g/mol. The van der Waals surface area contributed by atoms with E-state index >= 15 is 0 Å². The van der Waals surface area contributed by atoms with E-state index < -0.39 is 5.97 Å². The Bertz CT molecular complexity index is 178. The van der Waals surface area contributed by atoms with Gasteiger partial charge in [-0.25, -0.2) is 0 Å². The average Bonchev–Trinajstić information content (AvgIpc) is 2.27. The molecule has 1 unspecified atom stereocenters. The first-order valence-electron chi connectivity index (χ1n) is 7.38. The van der Waals surface area contributed by atoms with Crippen LogP contribution in [-0.4, -0.2) is 11.1 Å². The fourth-order valence-electron chi connectivity index (χ4n) is 2.29. The number of carboxylic acid groups (broad SMARTS) is 1. The molecule has 2 heteroatoms. The Morgan fingerprint density at radius 2 is 1.47 bits per heavy atom. The summed E-state index contributed by atoms with van der Waals surface area (Å²) in [5.41, 5.74) is 0. The van der Waals surface area contributed by atoms with Crippen molar-refractivity contribution < 1.29 is 9.90 Å². The molecular formula is C15H30O2. The molecule has 0 aliphatic rings. The van der Waals surface area contributed by atoms with Crippen LogP contribution in [0.4, 0.5) is 0 Å². The average molecular weight is 242 g/mol. The van der Waals surface area contributed by atoms with Crippen LogP contribution in [0.2, 0.25) is 0 Å². The molecule has 0 radical (unpaired) electrons. The highest BCUT2D eigenvalue weighted by molar-refractivity contribution is 5.66. The van der Waals surface area contributed by atoms with Crippen LogP contribution in [0.15, 0.2) is 0 Å². The Morgan fingerprint density at radius 3 is 2.00 bits per heavy atom. The van der Waals surface area contributed by atoms with Crippen molar-refractivity contribution in [3.05, 3.63) is 0 Å². The fourth-order valence-corrected chi connectivity index (χ4v) is 2.29. The SMILES string of the molecule is CCCC(C)CCCCCCCCCC(=O)O. The second-order valence-corrected chi connectivity index (χ2v) is 5.30. The predicted octanol–water partition coefficient (Wildman–Crippen LogP) is 5.02. The molecule has 102 valence electrons. The largest absolute Gasteiger partial charge is 0.481 e. The van der Waals surface area contributed by atoms with E-state index in [1.807, 2.05) is 0 Å². The third-order valence-electron chi connectivity index (χ3n) is 3.37. The van der Waals surface area contributed by atoms with Crippen molar-refractivity contribution in [3.63, 3.8) is 0 Å². The zero-order valence-electron chi connectivity index (χ0n) is 11.7. The van der Waals surface area contributed by atoms with Crippen molar-refractivity contribution in [2.24, 2.45) is 5.92 Å². The number of aliphatic carboxylic acids is 1. The summed E-state index contributed by atoms with van der Waals surface area (Å²) in [4.78, 5) is 10.3. The Labute approximate surface area is 107 Å². The summed E-state index contributed by atoms with van der Waals surface area (Å²) in [5.74, 6) is 0.241. The van der Waals surface area contributed by atoms with E-state index in [0.29, 0.717) is 6.42 Å². The van der Waals surface area contributed by atoms with Gasteiger partial charge in [-0.1, -0.05) is 71.6 Å². The standard InChI is InChI=1S/C15H30O2/c1-3-11-14(2)12-9-7-5-4-6-8-10-13-15(16)17/h14H,3-13H2,1-2H3,(H,16,17). The summed E-state index contributed by atoms with van der Waals surface area (Å²) in [6, 6.07) is 0. The number of rotatable bonds is 12. The van der Waals surface area contributed by atoms with Crippen molar-refractivity contribution in [2.75, 3.05) is 0 Å². The van der Waals surface area contributed by atoms with Crippen LogP contribution < -0.4 is 0 Å². The molecule has 17 heavy (non-hydrogen) atoms. The zero-order valence-corrected chi connectivity index (χ0v) is 11.7. The number of carboxylic acids is 1. The Balaban J connectivity index is 3.05. The van der Waals surface area contributed by atoms with Crippen LogP contribution in [0.5, 0.6) is 0 Å². The lowest BCUT2D eigenvalue weighted by molar-refractivity contribution is -0.137. The summed E-state index contributed by atoms with van der Waals surface area (Å²) < 4.78 is 0. The minimum absolute atomic E-state index is 0.342. The molecule has 0 saturated heterocycles. The van der Waals surface area contributed by atoms with Crippen molar-refractivity contribution in [1.82, 2.24) is 0 Å². The van der Waals surface area contributed by atoms with Gasteiger partial charge in [0, 0.05) is 6.42 Å². The maximum absolute atomic E-state index is 10.3. The van der Waals surface area contributed by atoms with E-state index in [4.69, 9.17) is 5.11 Å². The normalized spacial score (nSPS) is 12.6. The van der Waals surface area contributed by atoms with Gasteiger partial charge in [0.05, 0.1) is 0 Å². The Morgan fingerprint density at radius 1 is 0.941 bits per heavy atom. The summed E-state index contributed by atoms with van der Waals surface area (Å²) in [5, 5.41) is 8.48. The molecule has 0 fully saturated rings. The van der Waals surface area contributed by atoms with Crippen LogP contribution in [-0.2, 0) is 4.79 Å². The maximum Gasteiger partial charge on any atom is 0.303 e. The highest BCUT2D eigenvalue weighted by atomic mass is 16.4. The van der Waals surface area contributed by atoms with Crippen LogP contribution in [0.3, 0.4) is 0 Å². The topological polar surface area (TPSA) is 37.3 Å². The van der Waals surface area contributed by atoms with E-state index in [2.05, 4.69) is 13.8 Å². The lowest BCUT2D eigenvalue weighted by Crippen LogP contribution is -1.94. The summed E-state index contributed by atoms with van der Waals surface area (Å²) in [6.07, 6.45) is 12.9. The molecule has 0 bridgehead atoms. The van der Waals surface area contributed by atoms with Gasteiger partial charge in [-0.3, -0.25) is 4.79 Å². The number of hydrogen-bond acceptors (Lipinski definition) is 1. The maximum atomic E-state index is 10.3. The van der Waals surface area contributed by atoms with Crippen molar-refractivity contribution >= 4 is 5.97 Å². The van der Waals surface area contributed by atoms with Gasteiger partial charge in [0.25, 0.3) is 0 Å². The number of carbonyl (C=O) groups is 1. The zero-order chi connectivity index (χ0) is 12.9. The van der Waals surface area contributed by atoms with Crippen LogP contribution in [0, 0.1) is 5.92 Å². The summed E-state index contributed by atoms with van der Waals surface area (Å²) >= 11 is 0. The first kappa shape index (κ1) is 16.5. The van der Waals surface area contributed by atoms with Gasteiger partial charge in [-0.05, 0) is 12.3 Å². The van der Waals surface area contributed by atoms with E-state index in [1.54, 1.807) is 0 Å². The van der Waals surface area contributed by atoms with Crippen molar-refractivity contribution in [3.8, 4) is 0 Å². The number of unbranched alkanes of at least 4 members (excludes halogenated alkanes) is 6. The molecule has 0 aromatic rings. The summed E-state index contributed by atoms with van der Waals surface area (Å²) in [7, 11) is 0. The smallest absolute Gasteiger partial charge is 0.303 e. The molecule has 1 atom stereocenters. The van der Waals surface area contributed by atoms with Crippen molar-refractivity contribution in [1.29, 1.82) is 0 Å². The van der Waals surface area contributed by atoms with Gasteiger partial charge in [0.1, 0.15) is 0 Å². The molecule has 0 rings (SSSR count). The van der Waals surface area contributed by atoms with Gasteiger partial charge in [-0.15, -0.1) is 0 Å². The first-order valence-corrected chi connectivity index (χ1v) is 7.38. The molecule has 0 aromatic heterocycles. The lowest BCUT2D eigenvalue weighted by atomic mass is 9.98. The molecule has 2 nitrogen and oxygen atoms in total. The highest BCUT2D eigenvalue weighted by Crippen LogP contribution is 2.16. The predicted molar refractivity (Wildman–Crippen MR) is 73.3 cm³/mol. The van der Waals surface area contributed by atoms with E-state index in [0.717, 1.165) is 18.8 Å². The highest BCUT2D eigenvalue weighted by Gasteiger charge is 2.00. The number of hydrogen-bond donors (Lipinski definition) is 1. The molecule has 0 saturated carbocycles. The molecule has 0 aromatic carbocycles. The minimum atomic E-state index is -0.657. The Kier molecular flexibility index (Phi) is 11.6. The Hall–Kier alpha value is -0.530. The van der Waals surface area contributed by atoms with Gasteiger partial charge in [0.15, 0.2) is 0 Å². The third-order valence-corrected chi connectivity index (χ3v) is 3.37. The van der Waals surface area contributed by atoms with Gasteiger partial charge in [-0.2, -0.15) is 0 Å². The van der Waals surface area contributed by atoms with E-state index in [-0.39, 0.29) is 0 Å². The molecular weight excluding hydrogens is 212 g/mol. The second kappa shape index (κ2) is 11.9. The van der Waals surface area contributed by atoms with E-state index in [1.165, 1.54) is 51.4 Å². The van der Waals surface area contributed by atoms with Gasteiger partial charge in [0.2, 0.25) is 0 Å². The molecule has 0 aliphatic heterocycles. The molecule has 0 aliphatic carbocycles. The van der Waals surface area contributed by atoms with Crippen LogP contribution in [0.25, 0.3) is 0 Å². The quantitative estimate of drug-likeness (QED) is 0.488. The fraction of sp³-hybridized carbons (Fsp3) is 0.933. The summed E-state index contributed by atoms with van der Waals surface area (Å²) in [6.45, 7) is 4.61. The van der Waals surface area contributed by atoms with E-state index in [9.17, 15) is 4.79 Å². The molecule has 1 N–H and O–H groups in total. The molecule has 0 amide bonds. The second-order valence-electron chi connectivity index (χ2n) is 5.30. The van der Waals surface area contributed by atoms with Crippen LogP contribution in [0.1, 0.15) is 84.5 Å². The van der Waals surface area contributed by atoms with Gasteiger partial charge >= 0.3 is 5.97 Å². The van der Waals surface area contributed by atoms with Crippen LogP contribution >= 0.6 is 0 Å². The molecule has 0 spiro atoms. The van der Waals surface area contributed by atoms with Crippen molar-refractivity contribution in [2.45, 2.75) is 84.5 Å². The van der Waals surface area contributed by atoms with Gasteiger partial charge < -0.3 is 5.11 Å². The third kappa shape index (κ3) is 13.4. The lowest BCUT2D eigenvalue weighted by Gasteiger charge is -2.09.